The second kappa shape index (κ2) is 6.01. The molecule has 6 nitrogen and oxygen atoms in total. The Kier molecular flexibility index (Phi) is 4.14. The fraction of sp³-hybridized carbons (Fsp3) is 0.214. The Morgan fingerprint density at radius 3 is 2.60 bits per heavy atom. The van der Waals surface area contributed by atoms with E-state index in [0.717, 1.165) is 11.4 Å². The van der Waals surface area contributed by atoms with Gasteiger partial charge in [-0.05, 0) is 24.3 Å². The number of hydrogen-bond donors (Lipinski definition) is 2. The molecule has 0 bridgehead atoms. The summed E-state index contributed by atoms with van der Waals surface area (Å²) in [5, 5.41) is 12.2. The molecule has 20 heavy (non-hydrogen) atoms. The number of hydrogen-bond acceptors (Lipinski definition) is 5. The number of nitrogens with zero attached hydrogens (tertiary/aromatic N) is 3. The van der Waals surface area contributed by atoms with Crippen molar-refractivity contribution in [3.63, 3.8) is 0 Å². The molecular weight excluding hydrogens is 256 g/mol. The number of benzene rings is 1. The van der Waals surface area contributed by atoms with E-state index in [-0.39, 0.29) is 5.56 Å². The first kappa shape index (κ1) is 13.8. The number of nitrogens with one attached hydrogen (secondary N) is 1. The molecule has 1 aromatic carbocycles. The zero-order valence-corrected chi connectivity index (χ0v) is 11.4. The quantitative estimate of drug-likeness (QED) is 0.865. The molecule has 0 spiro atoms. The summed E-state index contributed by atoms with van der Waals surface area (Å²) in [6.45, 7) is 0.339. The molecule has 0 saturated heterocycles. The summed E-state index contributed by atoms with van der Waals surface area (Å²) in [5.41, 5.74) is 2.59. The Labute approximate surface area is 117 Å². The second-order valence-electron chi connectivity index (χ2n) is 4.48. The molecule has 2 aromatic rings. The van der Waals surface area contributed by atoms with E-state index >= 15 is 0 Å². The molecule has 6 heteroatoms. The van der Waals surface area contributed by atoms with Gasteiger partial charge < -0.3 is 15.3 Å². The Bertz CT molecular complexity index is 596. The van der Waals surface area contributed by atoms with Gasteiger partial charge in [0.2, 0.25) is 0 Å². The number of aromatic nitrogens is 2. The first-order valence-electron chi connectivity index (χ1n) is 6.11. The third-order valence-electron chi connectivity index (χ3n) is 2.87. The Hall–Kier alpha value is -2.63. The fourth-order valence-corrected chi connectivity index (χ4v) is 1.74. The van der Waals surface area contributed by atoms with Gasteiger partial charge in [0.25, 0.3) is 0 Å². The molecular formula is C14H16N4O2. The number of rotatable bonds is 5. The van der Waals surface area contributed by atoms with Crippen LogP contribution in [-0.2, 0) is 6.54 Å². The number of carboxylic acid groups (broad SMARTS) is 1. The highest BCUT2D eigenvalue weighted by atomic mass is 16.4. The average Bonchev–Trinajstić information content (AvgIpc) is 2.45. The molecule has 0 fully saturated rings. The van der Waals surface area contributed by atoms with Crippen LogP contribution in [0.25, 0.3) is 0 Å². The van der Waals surface area contributed by atoms with Crippen molar-refractivity contribution in [2.45, 2.75) is 6.54 Å². The zero-order chi connectivity index (χ0) is 14.5. The second-order valence-corrected chi connectivity index (χ2v) is 4.48. The van der Waals surface area contributed by atoms with Gasteiger partial charge in [-0.15, -0.1) is 0 Å². The fourth-order valence-electron chi connectivity index (χ4n) is 1.74. The molecule has 0 aliphatic rings. The minimum absolute atomic E-state index is 0.116. The van der Waals surface area contributed by atoms with E-state index in [4.69, 9.17) is 5.11 Å². The number of carboxylic acids is 1. The Morgan fingerprint density at radius 1 is 1.30 bits per heavy atom. The minimum atomic E-state index is -1.02. The van der Waals surface area contributed by atoms with Gasteiger partial charge in [-0.2, -0.15) is 0 Å². The van der Waals surface area contributed by atoms with Gasteiger partial charge >= 0.3 is 5.97 Å². The van der Waals surface area contributed by atoms with Crippen LogP contribution in [0.1, 0.15) is 16.1 Å². The predicted molar refractivity (Wildman–Crippen MR) is 77.1 cm³/mol. The van der Waals surface area contributed by atoms with Crippen LogP contribution in [0.4, 0.5) is 11.4 Å². The maximum absolute atomic E-state index is 11.0. The van der Waals surface area contributed by atoms with Crippen LogP contribution in [0, 0.1) is 0 Å². The van der Waals surface area contributed by atoms with E-state index in [2.05, 4.69) is 15.3 Å². The van der Waals surface area contributed by atoms with Crippen LogP contribution in [0.15, 0.2) is 36.8 Å². The van der Waals surface area contributed by atoms with Gasteiger partial charge in [-0.3, -0.25) is 0 Å². The maximum atomic E-state index is 11.0. The molecule has 0 radical (unpaired) electrons. The largest absolute Gasteiger partial charge is 0.478 e. The summed E-state index contributed by atoms with van der Waals surface area (Å²) in [6.07, 6.45) is 2.65. The SMILES string of the molecule is CN(C)c1ccc(NCc2ncncc2C(=O)O)cc1. The van der Waals surface area contributed by atoms with Crippen molar-refractivity contribution >= 4 is 17.3 Å². The van der Waals surface area contributed by atoms with Crippen LogP contribution < -0.4 is 10.2 Å². The Morgan fingerprint density at radius 2 is 2.00 bits per heavy atom. The molecule has 104 valence electrons. The number of anilines is 2. The standard InChI is InChI=1S/C14H16N4O2/c1-18(2)11-5-3-10(4-6-11)16-8-13-12(14(19)20)7-15-9-17-13/h3-7,9,16H,8H2,1-2H3,(H,19,20). The van der Waals surface area contributed by atoms with Gasteiger partial charge in [-0.25, -0.2) is 14.8 Å². The van der Waals surface area contributed by atoms with Crippen LogP contribution in [0.2, 0.25) is 0 Å². The van der Waals surface area contributed by atoms with E-state index in [1.54, 1.807) is 0 Å². The summed E-state index contributed by atoms with van der Waals surface area (Å²) in [4.78, 5) is 20.8. The highest BCUT2D eigenvalue weighted by molar-refractivity contribution is 5.88. The monoisotopic (exact) mass is 272 g/mol. The summed E-state index contributed by atoms with van der Waals surface area (Å²) >= 11 is 0. The first-order valence-corrected chi connectivity index (χ1v) is 6.11. The summed E-state index contributed by atoms with van der Waals surface area (Å²) in [7, 11) is 3.95. The van der Waals surface area contributed by atoms with Gasteiger partial charge in [0.05, 0.1) is 12.2 Å². The molecule has 0 saturated carbocycles. The lowest BCUT2D eigenvalue weighted by atomic mass is 10.2. The van der Waals surface area contributed by atoms with Gasteiger partial charge in [0.1, 0.15) is 11.9 Å². The molecule has 1 heterocycles. The maximum Gasteiger partial charge on any atom is 0.339 e. The van der Waals surface area contributed by atoms with Crippen molar-refractivity contribution in [2.24, 2.45) is 0 Å². The molecule has 0 unspecified atom stereocenters. The van der Waals surface area contributed by atoms with E-state index in [1.807, 2.05) is 43.3 Å². The minimum Gasteiger partial charge on any atom is -0.478 e. The van der Waals surface area contributed by atoms with Crippen LogP contribution in [0.3, 0.4) is 0 Å². The zero-order valence-electron chi connectivity index (χ0n) is 11.4. The van der Waals surface area contributed by atoms with Crippen molar-refractivity contribution in [3.8, 4) is 0 Å². The topological polar surface area (TPSA) is 78.3 Å². The van der Waals surface area contributed by atoms with E-state index in [0.29, 0.717) is 12.2 Å². The molecule has 1 aromatic heterocycles. The van der Waals surface area contributed by atoms with Gasteiger partial charge in [-0.1, -0.05) is 0 Å². The predicted octanol–water partition coefficient (Wildman–Crippen LogP) is 1.85. The highest BCUT2D eigenvalue weighted by Gasteiger charge is 2.10. The van der Waals surface area contributed by atoms with Crippen molar-refractivity contribution < 1.29 is 9.90 Å². The number of aromatic carboxylic acids is 1. The molecule has 0 aliphatic heterocycles. The van der Waals surface area contributed by atoms with Crippen LogP contribution in [-0.4, -0.2) is 35.1 Å². The third kappa shape index (κ3) is 3.23. The Balaban J connectivity index is 2.07. The molecule has 0 amide bonds. The average molecular weight is 272 g/mol. The molecule has 0 aliphatic carbocycles. The number of carbonyl (C=O) groups is 1. The summed E-state index contributed by atoms with van der Waals surface area (Å²) in [6, 6.07) is 7.86. The first-order chi connectivity index (χ1) is 9.58. The lowest BCUT2D eigenvalue weighted by Crippen LogP contribution is -2.10. The lowest BCUT2D eigenvalue weighted by molar-refractivity contribution is 0.0694. The summed E-state index contributed by atoms with van der Waals surface area (Å²) < 4.78 is 0. The van der Waals surface area contributed by atoms with Crippen molar-refractivity contribution in [1.29, 1.82) is 0 Å². The van der Waals surface area contributed by atoms with Crippen molar-refractivity contribution in [1.82, 2.24) is 9.97 Å². The van der Waals surface area contributed by atoms with Crippen molar-refractivity contribution in [2.75, 3.05) is 24.3 Å². The van der Waals surface area contributed by atoms with Crippen molar-refractivity contribution in [3.05, 3.63) is 48.0 Å². The normalized spacial score (nSPS) is 10.1. The van der Waals surface area contributed by atoms with Crippen LogP contribution in [0.5, 0.6) is 0 Å². The third-order valence-corrected chi connectivity index (χ3v) is 2.87. The van der Waals surface area contributed by atoms with E-state index in [1.165, 1.54) is 12.5 Å². The van der Waals surface area contributed by atoms with Gasteiger partial charge in [0, 0.05) is 31.7 Å². The van der Waals surface area contributed by atoms with E-state index < -0.39 is 5.97 Å². The molecule has 2 N–H and O–H groups in total. The van der Waals surface area contributed by atoms with Gasteiger partial charge in [0.15, 0.2) is 0 Å². The molecule has 0 atom stereocenters. The molecule has 2 rings (SSSR count). The highest BCUT2D eigenvalue weighted by Crippen LogP contribution is 2.16. The lowest BCUT2D eigenvalue weighted by Gasteiger charge is -2.13. The van der Waals surface area contributed by atoms with Crippen LogP contribution >= 0.6 is 0 Å². The summed E-state index contributed by atoms with van der Waals surface area (Å²) in [5.74, 6) is -1.02. The van der Waals surface area contributed by atoms with E-state index in [9.17, 15) is 4.79 Å². The smallest absolute Gasteiger partial charge is 0.339 e.